The molecule has 0 amide bonds. The minimum absolute atomic E-state index is 0.451. The number of likely N-dealkylation sites (N-methyl/N-ethyl adjacent to an activating group) is 1. The summed E-state index contributed by atoms with van der Waals surface area (Å²) >= 11 is 0. The summed E-state index contributed by atoms with van der Waals surface area (Å²) in [5.41, 5.74) is 2.53. The summed E-state index contributed by atoms with van der Waals surface area (Å²) in [6.07, 6.45) is 5.71. The van der Waals surface area contributed by atoms with E-state index in [9.17, 15) is 8.42 Å². The van der Waals surface area contributed by atoms with Gasteiger partial charge in [0.2, 0.25) is 10.0 Å². The first kappa shape index (κ1) is 15.0. The molecule has 21 heavy (non-hydrogen) atoms. The van der Waals surface area contributed by atoms with Crippen molar-refractivity contribution >= 4 is 10.0 Å². The topological polar surface area (TPSA) is 40.6 Å². The summed E-state index contributed by atoms with van der Waals surface area (Å²) in [4.78, 5) is 2.79. The van der Waals surface area contributed by atoms with E-state index in [1.165, 1.54) is 28.3 Å². The van der Waals surface area contributed by atoms with Crippen LogP contribution in [0.2, 0.25) is 0 Å². The van der Waals surface area contributed by atoms with E-state index in [1.54, 1.807) is 13.1 Å². The Bertz CT molecular complexity index is 607. The molecule has 116 valence electrons. The number of hydrogen-bond donors (Lipinski definition) is 0. The molecule has 0 spiro atoms. The van der Waals surface area contributed by atoms with E-state index < -0.39 is 10.0 Å². The monoisotopic (exact) mass is 308 g/mol. The lowest BCUT2D eigenvalue weighted by molar-refractivity contribution is 0.310. The number of fused-ring (bicyclic) bond motifs is 1. The highest BCUT2D eigenvalue weighted by molar-refractivity contribution is 7.89. The molecule has 0 aromatic heterocycles. The highest BCUT2D eigenvalue weighted by Gasteiger charge is 2.23. The third kappa shape index (κ3) is 3.15. The van der Waals surface area contributed by atoms with Crippen LogP contribution in [0.5, 0.6) is 0 Å². The fraction of sp³-hybridized carbons (Fsp3) is 0.625. The van der Waals surface area contributed by atoms with Crippen molar-refractivity contribution in [1.29, 1.82) is 0 Å². The third-order valence-electron chi connectivity index (χ3n) is 4.71. The Kier molecular flexibility index (Phi) is 4.33. The fourth-order valence-electron chi connectivity index (χ4n) is 3.30. The van der Waals surface area contributed by atoms with Gasteiger partial charge in [-0.2, -0.15) is 4.31 Å². The van der Waals surface area contributed by atoms with Gasteiger partial charge in [-0.25, -0.2) is 8.42 Å². The Hall–Kier alpha value is -0.910. The summed E-state index contributed by atoms with van der Waals surface area (Å²) in [6, 6.07) is 5.64. The van der Waals surface area contributed by atoms with Crippen LogP contribution >= 0.6 is 0 Å². The molecular formula is C16H24N2O2S. The van der Waals surface area contributed by atoms with Crippen LogP contribution in [-0.2, 0) is 22.9 Å². The van der Waals surface area contributed by atoms with E-state index >= 15 is 0 Å². The van der Waals surface area contributed by atoms with Gasteiger partial charge < -0.3 is 4.90 Å². The minimum Gasteiger partial charge on any atom is -0.302 e. The molecule has 2 aliphatic rings. The summed E-state index contributed by atoms with van der Waals surface area (Å²) in [6.45, 7) is 3.61. The average molecular weight is 308 g/mol. The van der Waals surface area contributed by atoms with E-state index in [-0.39, 0.29) is 0 Å². The number of aryl methyl sites for hydroxylation is 2. The van der Waals surface area contributed by atoms with Crippen molar-refractivity contribution in [1.82, 2.24) is 9.21 Å². The van der Waals surface area contributed by atoms with E-state index in [0.717, 1.165) is 38.9 Å². The molecule has 0 atom stereocenters. The first-order chi connectivity index (χ1) is 10.1. The lowest BCUT2D eigenvalue weighted by Crippen LogP contribution is -2.35. The molecule has 0 bridgehead atoms. The highest BCUT2D eigenvalue weighted by Crippen LogP contribution is 2.26. The molecule has 0 unspecified atom stereocenters. The molecule has 1 aromatic rings. The third-order valence-corrected chi connectivity index (χ3v) is 6.56. The van der Waals surface area contributed by atoms with Gasteiger partial charge in [-0.3, -0.25) is 0 Å². The quantitative estimate of drug-likeness (QED) is 0.834. The molecule has 5 heteroatoms. The summed E-state index contributed by atoms with van der Waals surface area (Å²) in [7, 11) is -1.65. The van der Waals surface area contributed by atoms with Crippen LogP contribution in [0.1, 0.15) is 30.4 Å². The second-order valence-corrected chi connectivity index (χ2v) is 8.20. The Morgan fingerprint density at radius 3 is 2.57 bits per heavy atom. The first-order valence-corrected chi connectivity index (χ1v) is 9.32. The lowest BCUT2D eigenvalue weighted by Gasteiger charge is -2.21. The molecular weight excluding hydrogens is 284 g/mol. The predicted molar refractivity (Wildman–Crippen MR) is 84.0 cm³/mol. The molecule has 1 saturated heterocycles. The van der Waals surface area contributed by atoms with E-state index in [4.69, 9.17) is 0 Å². The Morgan fingerprint density at radius 1 is 1.10 bits per heavy atom. The fourth-order valence-corrected chi connectivity index (χ4v) is 4.51. The zero-order chi connectivity index (χ0) is 14.9. The molecule has 0 N–H and O–H groups in total. The van der Waals surface area contributed by atoms with Gasteiger partial charge in [-0.15, -0.1) is 0 Å². The molecule has 1 aromatic carbocycles. The van der Waals surface area contributed by atoms with Crippen molar-refractivity contribution in [2.45, 2.75) is 37.0 Å². The smallest absolute Gasteiger partial charge is 0.242 e. The molecule has 4 nitrogen and oxygen atoms in total. The number of sulfonamides is 1. The number of likely N-dealkylation sites (tertiary alicyclic amines) is 1. The van der Waals surface area contributed by atoms with Crippen molar-refractivity contribution in [2.75, 3.05) is 33.2 Å². The van der Waals surface area contributed by atoms with Crippen LogP contribution in [0.15, 0.2) is 23.1 Å². The summed E-state index contributed by atoms with van der Waals surface area (Å²) in [5.74, 6) is 0. The van der Waals surface area contributed by atoms with Crippen LogP contribution in [0.4, 0.5) is 0 Å². The van der Waals surface area contributed by atoms with Gasteiger partial charge >= 0.3 is 0 Å². The maximum Gasteiger partial charge on any atom is 0.242 e. The summed E-state index contributed by atoms with van der Waals surface area (Å²) in [5, 5.41) is 0. The van der Waals surface area contributed by atoms with Gasteiger partial charge in [-0.05, 0) is 68.5 Å². The second-order valence-electron chi connectivity index (χ2n) is 6.16. The number of benzene rings is 1. The zero-order valence-electron chi connectivity index (χ0n) is 12.7. The van der Waals surface area contributed by atoms with Gasteiger partial charge in [0.05, 0.1) is 4.90 Å². The number of nitrogens with zero attached hydrogens (tertiary/aromatic N) is 2. The Morgan fingerprint density at radius 2 is 1.81 bits per heavy atom. The minimum atomic E-state index is -3.35. The normalized spacial score (nSPS) is 19.3. The average Bonchev–Trinajstić information content (AvgIpc) is 3.14. The standard InChI is InChI=1S/C16H24N2O2S/c1-17(11-12-18-9-2-3-10-18)21(19,20)16-8-7-14-5-4-6-15(14)13-16/h7-8,13H,2-6,9-12H2,1H3. The molecule has 3 rings (SSSR count). The SMILES string of the molecule is CN(CCN1CCCC1)S(=O)(=O)c1ccc2c(c1)CCC2. The van der Waals surface area contributed by atoms with E-state index in [0.29, 0.717) is 11.4 Å². The van der Waals surface area contributed by atoms with Crippen molar-refractivity contribution < 1.29 is 8.42 Å². The molecule has 1 fully saturated rings. The maximum atomic E-state index is 12.6. The van der Waals surface area contributed by atoms with Crippen LogP contribution in [0, 0.1) is 0 Å². The van der Waals surface area contributed by atoms with Crippen LogP contribution in [0.3, 0.4) is 0 Å². The first-order valence-electron chi connectivity index (χ1n) is 7.88. The van der Waals surface area contributed by atoms with Gasteiger partial charge in [0, 0.05) is 20.1 Å². The van der Waals surface area contributed by atoms with E-state index in [2.05, 4.69) is 4.90 Å². The molecule has 0 saturated carbocycles. The predicted octanol–water partition coefficient (Wildman–Crippen LogP) is 1.89. The largest absolute Gasteiger partial charge is 0.302 e. The Balaban J connectivity index is 1.70. The molecule has 0 radical (unpaired) electrons. The maximum absolute atomic E-state index is 12.6. The van der Waals surface area contributed by atoms with Crippen molar-refractivity contribution in [3.63, 3.8) is 0 Å². The lowest BCUT2D eigenvalue weighted by atomic mass is 10.1. The van der Waals surface area contributed by atoms with Gasteiger partial charge in [0.15, 0.2) is 0 Å². The second kappa shape index (κ2) is 6.07. The zero-order valence-corrected chi connectivity index (χ0v) is 13.5. The van der Waals surface area contributed by atoms with Crippen LogP contribution in [0.25, 0.3) is 0 Å². The molecule has 1 heterocycles. The molecule has 1 aliphatic carbocycles. The van der Waals surface area contributed by atoms with Gasteiger partial charge in [0.25, 0.3) is 0 Å². The van der Waals surface area contributed by atoms with Gasteiger partial charge in [0.1, 0.15) is 0 Å². The van der Waals surface area contributed by atoms with Crippen molar-refractivity contribution in [3.05, 3.63) is 29.3 Å². The van der Waals surface area contributed by atoms with Gasteiger partial charge in [-0.1, -0.05) is 6.07 Å². The number of hydrogen-bond acceptors (Lipinski definition) is 3. The van der Waals surface area contributed by atoms with E-state index in [1.807, 2.05) is 12.1 Å². The summed E-state index contributed by atoms with van der Waals surface area (Å²) < 4.78 is 26.8. The highest BCUT2D eigenvalue weighted by atomic mass is 32.2. The molecule has 1 aliphatic heterocycles. The Labute approximate surface area is 127 Å². The van der Waals surface area contributed by atoms with Crippen molar-refractivity contribution in [2.24, 2.45) is 0 Å². The van der Waals surface area contributed by atoms with Crippen molar-refractivity contribution in [3.8, 4) is 0 Å². The van der Waals surface area contributed by atoms with Crippen LogP contribution < -0.4 is 0 Å². The van der Waals surface area contributed by atoms with Crippen LogP contribution in [-0.4, -0.2) is 50.8 Å². The number of rotatable bonds is 5.